The van der Waals surface area contributed by atoms with Crippen molar-refractivity contribution in [1.29, 1.82) is 0 Å². The van der Waals surface area contributed by atoms with Gasteiger partial charge in [0, 0.05) is 6.04 Å². The van der Waals surface area contributed by atoms with Gasteiger partial charge in [0.25, 0.3) is 0 Å². The van der Waals surface area contributed by atoms with E-state index in [1.807, 2.05) is 14.0 Å². The molecule has 0 saturated carbocycles. The summed E-state index contributed by atoms with van der Waals surface area (Å²) in [6.07, 6.45) is 6.35. The van der Waals surface area contributed by atoms with Crippen LogP contribution in [0.5, 0.6) is 0 Å². The normalized spacial score (nSPS) is 13.8. The molecule has 4 nitrogen and oxygen atoms in total. The molecule has 0 aromatic heterocycles. The van der Waals surface area contributed by atoms with E-state index >= 15 is 0 Å². The van der Waals surface area contributed by atoms with Crippen molar-refractivity contribution in [2.75, 3.05) is 19.3 Å². The average molecular weight is 264 g/mol. The third kappa shape index (κ3) is 10.7. The van der Waals surface area contributed by atoms with E-state index in [2.05, 4.69) is 17.0 Å². The van der Waals surface area contributed by atoms with E-state index in [4.69, 9.17) is 0 Å². The monoisotopic (exact) mass is 264 g/mol. The van der Waals surface area contributed by atoms with Gasteiger partial charge in [0.2, 0.25) is 10.0 Å². The molecule has 0 heterocycles. The third-order valence-electron chi connectivity index (χ3n) is 2.71. The van der Waals surface area contributed by atoms with Crippen LogP contribution in [0.4, 0.5) is 0 Å². The minimum absolute atomic E-state index is 0.0615. The Bertz CT molecular complexity index is 266. The number of sulfonamides is 1. The highest BCUT2D eigenvalue weighted by Gasteiger charge is 2.13. The SMILES string of the molecule is CCCCCCC(C)NS(=O)(=O)CCCNC. The number of rotatable bonds is 11. The molecule has 17 heavy (non-hydrogen) atoms. The zero-order chi connectivity index (χ0) is 13.1. The smallest absolute Gasteiger partial charge is 0.211 e. The lowest BCUT2D eigenvalue weighted by Crippen LogP contribution is -2.35. The van der Waals surface area contributed by atoms with Crippen LogP contribution in [-0.2, 0) is 10.0 Å². The molecular weight excluding hydrogens is 236 g/mol. The molecule has 5 heteroatoms. The van der Waals surface area contributed by atoms with Crippen LogP contribution in [0.1, 0.15) is 52.4 Å². The summed E-state index contributed by atoms with van der Waals surface area (Å²) in [4.78, 5) is 0. The van der Waals surface area contributed by atoms with E-state index in [1.165, 1.54) is 19.3 Å². The average Bonchev–Trinajstić information content (AvgIpc) is 2.24. The van der Waals surface area contributed by atoms with Crippen molar-refractivity contribution in [2.45, 2.75) is 58.4 Å². The summed E-state index contributed by atoms with van der Waals surface area (Å²) in [7, 11) is -1.26. The first-order valence-corrected chi connectivity index (χ1v) is 8.31. The molecule has 0 aromatic carbocycles. The fraction of sp³-hybridized carbons (Fsp3) is 1.00. The summed E-state index contributed by atoms with van der Waals surface area (Å²) in [5.41, 5.74) is 0. The van der Waals surface area contributed by atoms with Gasteiger partial charge >= 0.3 is 0 Å². The molecule has 0 amide bonds. The molecule has 0 fully saturated rings. The van der Waals surface area contributed by atoms with Crippen LogP contribution in [0, 0.1) is 0 Å². The zero-order valence-electron chi connectivity index (χ0n) is 11.5. The molecule has 104 valence electrons. The van der Waals surface area contributed by atoms with Crippen LogP contribution in [0.2, 0.25) is 0 Å². The lowest BCUT2D eigenvalue weighted by molar-refractivity contribution is 0.520. The zero-order valence-corrected chi connectivity index (χ0v) is 12.3. The summed E-state index contributed by atoms with van der Waals surface area (Å²) in [6.45, 7) is 4.86. The van der Waals surface area contributed by atoms with Crippen molar-refractivity contribution in [1.82, 2.24) is 10.0 Å². The number of unbranched alkanes of at least 4 members (excludes halogenated alkanes) is 3. The summed E-state index contributed by atoms with van der Waals surface area (Å²) >= 11 is 0. The Morgan fingerprint density at radius 1 is 1.12 bits per heavy atom. The molecule has 0 radical (unpaired) electrons. The number of hydrogen-bond donors (Lipinski definition) is 2. The molecule has 0 aliphatic heterocycles. The van der Waals surface area contributed by atoms with Crippen molar-refractivity contribution in [3.05, 3.63) is 0 Å². The van der Waals surface area contributed by atoms with E-state index in [1.54, 1.807) is 0 Å². The van der Waals surface area contributed by atoms with Gasteiger partial charge < -0.3 is 5.32 Å². The largest absolute Gasteiger partial charge is 0.320 e. The van der Waals surface area contributed by atoms with Gasteiger partial charge in [-0.1, -0.05) is 32.6 Å². The van der Waals surface area contributed by atoms with Crippen molar-refractivity contribution in [2.24, 2.45) is 0 Å². The van der Waals surface area contributed by atoms with Crippen LogP contribution in [-0.4, -0.2) is 33.8 Å². The third-order valence-corrected chi connectivity index (χ3v) is 4.30. The first-order chi connectivity index (χ1) is 8.02. The maximum absolute atomic E-state index is 11.7. The van der Waals surface area contributed by atoms with Crippen LogP contribution in [0.15, 0.2) is 0 Å². The second kappa shape index (κ2) is 9.85. The standard InChI is InChI=1S/C12H28N2O2S/c1-4-5-6-7-9-12(2)14-17(15,16)11-8-10-13-3/h12-14H,4-11H2,1-3H3. The van der Waals surface area contributed by atoms with Crippen molar-refractivity contribution >= 4 is 10.0 Å². The Hall–Kier alpha value is -0.130. The quantitative estimate of drug-likeness (QED) is 0.560. The highest BCUT2D eigenvalue weighted by Crippen LogP contribution is 2.06. The summed E-state index contributed by atoms with van der Waals surface area (Å²) in [6, 6.07) is 0.0615. The Balaban J connectivity index is 3.73. The van der Waals surface area contributed by atoms with Crippen LogP contribution in [0.25, 0.3) is 0 Å². The summed E-state index contributed by atoms with van der Waals surface area (Å²) < 4.78 is 26.1. The van der Waals surface area contributed by atoms with Gasteiger partial charge in [0.05, 0.1) is 5.75 Å². The molecule has 2 N–H and O–H groups in total. The topological polar surface area (TPSA) is 58.2 Å². The van der Waals surface area contributed by atoms with E-state index in [9.17, 15) is 8.42 Å². The Morgan fingerprint density at radius 2 is 1.82 bits per heavy atom. The number of nitrogens with one attached hydrogen (secondary N) is 2. The van der Waals surface area contributed by atoms with Crippen molar-refractivity contribution in [3.8, 4) is 0 Å². The Kier molecular flexibility index (Phi) is 9.78. The minimum Gasteiger partial charge on any atom is -0.320 e. The van der Waals surface area contributed by atoms with E-state index in [0.717, 1.165) is 19.4 Å². The van der Waals surface area contributed by atoms with Gasteiger partial charge in [-0.2, -0.15) is 0 Å². The van der Waals surface area contributed by atoms with Crippen LogP contribution in [0.3, 0.4) is 0 Å². The molecule has 0 rings (SSSR count). The number of hydrogen-bond acceptors (Lipinski definition) is 3. The van der Waals surface area contributed by atoms with Crippen molar-refractivity contribution < 1.29 is 8.42 Å². The maximum Gasteiger partial charge on any atom is 0.211 e. The van der Waals surface area contributed by atoms with Gasteiger partial charge in [-0.3, -0.25) is 0 Å². The maximum atomic E-state index is 11.7. The molecule has 0 spiro atoms. The lowest BCUT2D eigenvalue weighted by atomic mass is 10.1. The second-order valence-electron chi connectivity index (χ2n) is 4.64. The molecule has 0 aromatic rings. The predicted molar refractivity (Wildman–Crippen MR) is 73.7 cm³/mol. The van der Waals surface area contributed by atoms with Gasteiger partial charge in [0.1, 0.15) is 0 Å². The highest BCUT2D eigenvalue weighted by molar-refractivity contribution is 7.89. The second-order valence-corrected chi connectivity index (χ2v) is 6.52. The van der Waals surface area contributed by atoms with Gasteiger partial charge in [-0.05, 0) is 33.4 Å². The summed E-state index contributed by atoms with van der Waals surface area (Å²) in [5, 5.41) is 2.95. The van der Waals surface area contributed by atoms with Crippen molar-refractivity contribution in [3.63, 3.8) is 0 Å². The molecule has 0 aliphatic carbocycles. The van der Waals surface area contributed by atoms with E-state index in [0.29, 0.717) is 6.42 Å². The van der Waals surface area contributed by atoms with Gasteiger partial charge in [-0.25, -0.2) is 13.1 Å². The van der Waals surface area contributed by atoms with Crippen LogP contribution >= 0.6 is 0 Å². The Labute approximate surface area is 107 Å². The van der Waals surface area contributed by atoms with Gasteiger partial charge in [0.15, 0.2) is 0 Å². The van der Waals surface area contributed by atoms with E-state index < -0.39 is 10.0 Å². The predicted octanol–water partition coefficient (Wildman–Crippen LogP) is 1.87. The van der Waals surface area contributed by atoms with Gasteiger partial charge in [-0.15, -0.1) is 0 Å². The molecule has 0 saturated heterocycles. The molecule has 1 atom stereocenters. The van der Waals surface area contributed by atoms with Crippen LogP contribution < -0.4 is 10.0 Å². The first kappa shape index (κ1) is 16.9. The Morgan fingerprint density at radius 3 is 2.41 bits per heavy atom. The molecule has 1 unspecified atom stereocenters. The first-order valence-electron chi connectivity index (χ1n) is 6.66. The molecular formula is C12H28N2O2S. The molecule has 0 bridgehead atoms. The minimum atomic E-state index is -3.09. The highest BCUT2D eigenvalue weighted by atomic mass is 32.2. The van der Waals surface area contributed by atoms with E-state index in [-0.39, 0.29) is 11.8 Å². The fourth-order valence-corrected chi connectivity index (χ4v) is 3.11. The lowest BCUT2D eigenvalue weighted by Gasteiger charge is -2.14. The summed E-state index contributed by atoms with van der Waals surface area (Å²) in [5.74, 6) is 0.215. The fourth-order valence-electron chi connectivity index (χ4n) is 1.74. The molecule has 0 aliphatic rings.